The molecule has 0 aromatic heterocycles. The Morgan fingerprint density at radius 3 is 1.67 bits per heavy atom. The zero-order chi connectivity index (χ0) is 6.69. The van der Waals surface area contributed by atoms with Gasteiger partial charge < -0.3 is 5.11 Å². The molecule has 1 rings (SSSR count). The van der Waals surface area contributed by atoms with Crippen LogP contribution >= 0.6 is 37.2 Å². The third-order valence-electron chi connectivity index (χ3n) is 1.95. The van der Waals surface area contributed by atoms with E-state index in [1.165, 1.54) is 6.42 Å². The smallest absolute Gasteiger partial charge is 0.306 e. The van der Waals surface area contributed by atoms with Crippen molar-refractivity contribution in [1.29, 1.82) is 0 Å². The molecule has 0 atom stereocenters. The molecule has 1 fully saturated rings. The predicted molar refractivity (Wildman–Crippen MR) is 56.0 cm³/mol. The molecule has 1 saturated carbocycles. The highest BCUT2D eigenvalue weighted by atomic mass is 35.5. The fourth-order valence-electron chi connectivity index (χ4n) is 1.35. The van der Waals surface area contributed by atoms with Gasteiger partial charge in [0.1, 0.15) is 0 Å². The van der Waals surface area contributed by atoms with Gasteiger partial charge >= 0.3 is 5.97 Å². The van der Waals surface area contributed by atoms with Gasteiger partial charge in [-0.3, -0.25) is 4.79 Å². The van der Waals surface area contributed by atoms with Crippen LogP contribution in [0.2, 0.25) is 0 Å². The summed E-state index contributed by atoms with van der Waals surface area (Å²) < 4.78 is 0. The molecule has 0 aromatic rings. The number of carbonyl (C=O) groups is 1. The molecule has 12 heavy (non-hydrogen) atoms. The highest BCUT2D eigenvalue weighted by molar-refractivity contribution is 5.86. The van der Waals surface area contributed by atoms with Gasteiger partial charge in [-0.25, -0.2) is 0 Å². The summed E-state index contributed by atoms with van der Waals surface area (Å²) in [6.07, 6.45) is 5.24. The first kappa shape index (κ1) is 18.2. The summed E-state index contributed by atoms with van der Waals surface area (Å²) in [5, 5.41) is 8.54. The standard InChI is InChI=1S/C7H12O2.3ClH/c8-7(9)6-4-2-1-3-5-6;;;/h6H,1-5H2,(H,8,9);3*1H. The second-order valence-electron chi connectivity index (χ2n) is 2.67. The summed E-state index contributed by atoms with van der Waals surface area (Å²) in [7, 11) is 0. The molecule has 76 valence electrons. The van der Waals surface area contributed by atoms with E-state index in [-0.39, 0.29) is 43.1 Å². The van der Waals surface area contributed by atoms with Crippen molar-refractivity contribution in [2.24, 2.45) is 5.92 Å². The van der Waals surface area contributed by atoms with Crippen molar-refractivity contribution in [3.63, 3.8) is 0 Å². The quantitative estimate of drug-likeness (QED) is 0.761. The summed E-state index contributed by atoms with van der Waals surface area (Å²) in [5.41, 5.74) is 0. The van der Waals surface area contributed by atoms with Gasteiger partial charge in [-0.2, -0.15) is 0 Å². The van der Waals surface area contributed by atoms with E-state index in [9.17, 15) is 4.79 Å². The normalized spacial score (nSPS) is 16.3. The third kappa shape index (κ3) is 5.92. The molecule has 0 bridgehead atoms. The molecule has 0 unspecified atom stereocenters. The first-order valence-electron chi connectivity index (χ1n) is 3.53. The molecule has 1 aliphatic rings. The van der Waals surface area contributed by atoms with Crippen molar-refractivity contribution >= 4 is 43.2 Å². The number of carboxylic acids is 1. The minimum Gasteiger partial charge on any atom is -0.481 e. The van der Waals surface area contributed by atoms with Crippen molar-refractivity contribution in [2.75, 3.05) is 0 Å². The van der Waals surface area contributed by atoms with Crippen molar-refractivity contribution in [2.45, 2.75) is 32.1 Å². The van der Waals surface area contributed by atoms with Gasteiger partial charge in [-0.15, -0.1) is 37.2 Å². The summed E-state index contributed by atoms with van der Waals surface area (Å²) in [6.45, 7) is 0. The monoisotopic (exact) mass is 236 g/mol. The second kappa shape index (κ2) is 9.43. The van der Waals surface area contributed by atoms with Crippen LogP contribution < -0.4 is 0 Å². The Hall–Kier alpha value is 0.340. The summed E-state index contributed by atoms with van der Waals surface area (Å²) in [5.74, 6) is -0.631. The van der Waals surface area contributed by atoms with Crippen molar-refractivity contribution in [3.8, 4) is 0 Å². The van der Waals surface area contributed by atoms with E-state index < -0.39 is 5.97 Å². The topological polar surface area (TPSA) is 37.3 Å². The molecule has 1 aliphatic carbocycles. The SMILES string of the molecule is Cl.Cl.Cl.O=C(O)C1CCCCC1. The Balaban J connectivity index is -0.000000270. The average molecular weight is 238 g/mol. The Morgan fingerprint density at radius 1 is 1.00 bits per heavy atom. The Morgan fingerprint density at radius 2 is 1.42 bits per heavy atom. The van der Waals surface area contributed by atoms with Crippen LogP contribution in [0.1, 0.15) is 32.1 Å². The molecular weight excluding hydrogens is 222 g/mol. The van der Waals surface area contributed by atoms with Crippen LogP contribution in [0.3, 0.4) is 0 Å². The van der Waals surface area contributed by atoms with E-state index in [1.807, 2.05) is 0 Å². The maximum absolute atomic E-state index is 10.4. The van der Waals surface area contributed by atoms with Gasteiger partial charge in [0, 0.05) is 0 Å². The highest BCUT2D eigenvalue weighted by Gasteiger charge is 2.19. The van der Waals surface area contributed by atoms with Gasteiger partial charge in [-0.1, -0.05) is 19.3 Å². The summed E-state index contributed by atoms with van der Waals surface area (Å²) in [4.78, 5) is 10.4. The Bertz CT molecular complexity index is 113. The van der Waals surface area contributed by atoms with E-state index >= 15 is 0 Å². The van der Waals surface area contributed by atoms with Crippen LogP contribution in [0.25, 0.3) is 0 Å². The van der Waals surface area contributed by atoms with Crippen LogP contribution in [0.5, 0.6) is 0 Å². The van der Waals surface area contributed by atoms with Crippen LogP contribution in [0, 0.1) is 5.92 Å². The molecule has 0 radical (unpaired) electrons. The lowest BCUT2D eigenvalue weighted by molar-refractivity contribution is -0.142. The number of halogens is 3. The van der Waals surface area contributed by atoms with Gasteiger partial charge in [0.15, 0.2) is 0 Å². The van der Waals surface area contributed by atoms with Crippen molar-refractivity contribution in [3.05, 3.63) is 0 Å². The maximum Gasteiger partial charge on any atom is 0.306 e. The zero-order valence-electron chi connectivity index (χ0n) is 6.69. The second-order valence-corrected chi connectivity index (χ2v) is 2.67. The molecule has 0 heterocycles. The number of hydrogen-bond donors (Lipinski definition) is 1. The molecule has 5 heteroatoms. The van der Waals surface area contributed by atoms with Crippen LogP contribution in [0.15, 0.2) is 0 Å². The third-order valence-corrected chi connectivity index (χ3v) is 1.95. The lowest BCUT2D eigenvalue weighted by Gasteiger charge is -2.16. The molecule has 1 N–H and O–H groups in total. The fraction of sp³-hybridized carbons (Fsp3) is 0.857. The van der Waals surface area contributed by atoms with E-state index in [2.05, 4.69) is 0 Å². The number of carboxylic acid groups (broad SMARTS) is 1. The van der Waals surface area contributed by atoms with Crippen LogP contribution in [-0.4, -0.2) is 11.1 Å². The first-order valence-corrected chi connectivity index (χ1v) is 3.53. The number of hydrogen-bond acceptors (Lipinski definition) is 1. The predicted octanol–water partition coefficient (Wildman–Crippen LogP) is 2.92. The number of aliphatic carboxylic acids is 1. The molecule has 0 amide bonds. The van der Waals surface area contributed by atoms with Crippen LogP contribution in [-0.2, 0) is 4.79 Å². The van der Waals surface area contributed by atoms with Crippen molar-refractivity contribution < 1.29 is 9.90 Å². The van der Waals surface area contributed by atoms with Gasteiger partial charge in [0.2, 0.25) is 0 Å². The van der Waals surface area contributed by atoms with Crippen LogP contribution in [0.4, 0.5) is 0 Å². The van der Waals surface area contributed by atoms with Gasteiger partial charge in [0.05, 0.1) is 5.92 Å². The highest BCUT2D eigenvalue weighted by Crippen LogP contribution is 2.23. The van der Waals surface area contributed by atoms with Gasteiger partial charge in [-0.05, 0) is 12.8 Å². The molecular formula is C7H15Cl3O2. The lowest BCUT2D eigenvalue weighted by Crippen LogP contribution is -2.16. The van der Waals surface area contributed by atoms with Crippen molar-refractivity contribution in [1.82, 2.24) is 0 Å². The molecule has 0 spiro atoms. The first-order chi connectivity index (χ1) is 4.30. The Labute approximate surface area is 91.3 Å². The van der Waals surface area contributed by atoms with E-state index in [1.54, 1.807) is 0 Å². The van der Waals surface area contributed by atoms with E-state index in [0.717, 1.165) is 25.7 Å². The molecule has 0 saturated heterocycles. The minimum absolute atomic E-state index is 0. The molecule has 0 aromatic carbocycles. The Kier molecular flexibility index (Phi) is 14.3. The summed E-state index contributed by atoms with van der Waals surface area (Å²) in [6, 6.07) is 0. The average Bonchev–Trinajstić information content (AvgIpc) is 1.90. The molecule has 2 nitrogen and oxygen atoms in total. The van der Waals surface area contributed by atoms with E-state index in [0.29, 0.717) is 0 Å². The lowest BCUT2D eigenvalue weighted by atomic mass is 9.90. The number of rotatable bonds is 1. The maximum atomic E-state index is 10.4. The van der Waals surface area contributed by atoms with E-state index in [4.69, 9.17) is 5.11 Å². The van der Waals surface area contributed by atoms with Gasteiger partial charge in [0.25, 0.3) is 0 Å². The molecule has 0 aliphatic heterocycles. The zero-order valence-corrected chi connectivity index (χ0v) is 9.14. The summed E-state index contributed by atoms with van der Waals surface area (Å²) >= 11 is 0. The minimum atomic E-state index is -0.602. The largest absolute Gasteiger partial charge is 0.481 e. The fourth-order valence-corrected chi connectivity index (χ4v) is 1.35.